The number of hydrogen-bond acceptors (Lipinski definition) is 12. The van der Waals surface area contributed by atoms with E-state index in [9.17, 15) is 0 Å². The molecule has 0 amide bonds. The molecule has 0 radical (unpaired) electrons. The Balaban J connectivity index is -0.0000000847. The fourth-order valence-electron chi connectivity index (χ4n) is 0.530. The van der Waals surface area contributed by atoms with Gasteiger partial charge < -0.3 is 0 Å². The van der Waals surface area contributed by atoms with E-state index in [1.165, 1.54) is 0 Å². The molecule has 0 aromatic rings. The van der Waals surface area contributed by atoms with Gasteiger partial charge in [-0.3, -0.25) is 0 Å². The molecule has 18 heteroatoms. The van der Waals surface area contributed by atoms with Crippen molar-refractivity contribution >= 4 is 0 Å². The molecule has 0 atom stereocenters. The molecule has 0 heterocycles. The minimum absolute atomic E-state index is 0. The van der Waals surface area contributed by atoms with E-state index in [1.807, 2.05) is 0 Å². The van der Waals surface area contributed by atoms with Gasteiger partial charge in [-0.2, -0.15) is 0 Å². The molecule has 0 aliphatic heterocycles. The molecule has 12 nitrogen and oxygen atoms in total. The number of rotatable bonds is 0. The zero-order valence-corrected chi connectivity index (χ0v) is 26.3. The van der Waals surface area contributed by atoms with Gasteiger partial charge in [0.1, 0.15) is 0 Å². The molecule has 0 aliphatic carbocycles. The third kappa shape index (κ3) is 5.21. The van der Waals surface area contributed by atoms with Gasteiger partial charge in [0.25, 0.3) is 0 Å². The molecule has 0 saturated heterocycles. The van der Waals surface area contributed by atoms with Crippen molar-refractivity contribution in [2.24, 2.45) is 0 Å². The maximum atomic E-state index is 8.58. The van der Waals surface area contributed by atoms with E-state index in [2.05, 4.69) is 0 Å². The summed E-state index contributed by atoms with van der Waals surface area (Å²) in [7, 11) is -12.3. The first-order chi connectivity index (χ1) is 11.9. The fourth-order valence-corrected chi connectivity index (χ4v) is 2.19. The molecule has 0 bridgehead atoms. The van der Waals surface area contributed by atoms with Crippen LogP contribution in [-0.4, -0.2) is 0 Å². The van der Waals surface area contributed by atoms with Crippen LogP contribution in [0.3, 0.4) is 0 Å². The Morgan fingerprint density at radius 3 is 0.300 bits per heavy atom. The summed E-state index contributed by atoms with van der Waals surface area (Å²) in [6, 6.07) is 0. The maximum absolute atomic E-state index is 8.58. The van der Waals surface area contributed by atoms with Gasteiger partial charge in [-0.15, -0.1) is 0 Å². The normalized spacial score (nSPS) is 11.6. The Hall–Kier alpha value is -1.08. The van der Waals surface area contributed by atoms with Crippen molar-refractivity contribution in [2.75, 3.05) is 0 Å². The van der Waals surface area contributed by atoms with Gasteiger partial charge in [0.05, 0.1) is 0 Å². The standard InChI is InChI=1S/12CN.2Fe.4Na/c12*1-2;;;;;;/q;;;;;;;;;;;;2*-2;4*+1. The summed E-state index contributed by atoms with van der Waals surface area (Å²) in [6.07, 6.45) is 0. The SMILES string of the molecule is N#[C][Fe-2]([C]#N)([C]#N)([C]#N)([C]#N)[C]#N.N#[C][Fe-2]([C]#N)([C]#N)([C]#N)([C]#N)[C]#N.[Na+].[Na+].[Na+].[Na+]. The van der Waals surface area contributed by atoms with Crippen LogP contribution < -0.4 is 118 Å². The zero-order chi connectivity index (χ0) is 21.3. The fraction of sp³-hybridized carbons (Fsp3) is 0. The topological polar surface area (TPSA) is 285 Å². The predicted octanol–water partition coefficient (Wildman–Crippen LogP) is -11.8. The average molecular weight is 516 g/mol. The Morgan fingerprint density at radius 1 is 0.233 bits per heavy atom. The van der Waals surface area contributed by atoms with E-state index in [4.69, 9.17) is 63.1 Å². The molecule has 0 aliphatic rings. The third-order valence-electron chi connectivity index (χ3n) is 2.37. The minimum atomic E-state index is -6.17. The molecule has 128 valence electrons. The molecule has 0 aromatic carbocycles. The molecule has 0 rings (SSSR count). The molecule has 0 spiro atoms. The van der Waals surface area contributed by atoms with E-state index in [-0.39, 0.29) is 118 Å². The summed E-state index contributed by atoms with van der Waals surface area (Å²) in [5.41, 5.74) is 0. The Kier molecular flexibility index (Phi) is 17.3. The summed E-state index contributed by atoms with van der Waals surface area (Å²) < 4.78 is 0. The van der Waals surface area contributed by atoms with E-state index in [0.29, 0.717) is 0 Å². The first kappa shape index (κ1) is 42.9. The second kappa shape index (κ2) is 12.1. The van der Waals surface area contributed by atoms with Crippen molar-refractivity contribution in [1.82, 2.24) is 0 Å². The van der Waals surface area contributed by atoms with E-state index in [1.54, 1.807) is 0 Å². The molecule has 0 unspecified atom stereocenters. The van der Waals surface area contributed by atoms with Crippen LogP contribution in [-0.2, 0) is 21.5 Å². The number of nitriles is 12. The molecular formula is C12Fe2N12Na4. The van der Waals surface area contributed by atoms with Crippen molar-refractivity contribution in [1.29, 1.82) is 63.1 Å². The van der Waals surface area contributed by atoms with Gasteiger partial charge in [0, 0.05) is 0 Å². The number of nitrogens with zero attached hydrogens (tertiary/aromatic N) is 12. The predicted molar refractivity (Wildman–Crippen MR) is 67.4 cm³/mol. The zero-order valence-electron chi connectivity index (χ0n) is 16.1. The van der Waals surface area contributed by atoms with Crippen LogP contribution in [0.2, 0.25) is 0 Å². The average Bonchev–Trinajstić information content (AvgIpc) is 2.77. The van der Waals surface area contributed by atoms with Gasteiger partial charge in [-0.25, -0.2) is 0 Å². The van der Waals surface area contributed by atoms with Crippen molar-refractivity contribution in [3.63, 3.8) is 0 Å². The van der Waals surface area contributed by atoms with Crippen molar-refractivity contribution in [2.45, 2.75) is 0 Å². The van der Waals surface area contributed by atoms with Crippen LogP contribution in [0, 0.1) is 123 Å². The summed E-state index contributed by atoms with van der Waals surface area (Å²) in [4.78, 5) is 12.4. The first-order valence-corrected chi connectivity index (χ1v) is 11.4. The van der Waals surface area contributed by atoms with E-state index < -0.39 is 21.5 Å². The number of hydrogen-bond donors (Lipinski definition) is 0. The molecule has 30 heavy (non-hydrogen) atoms. The molecular weight excluding hydrogens is 516 g/mol. The quantitative estimate of drug-likeness (QED) is 0.271. The van der Waals surface area contributed by atoms with E-state index in [0.717, 1.165) is 59.6 Å². The Labute approximate surface area is 257 Å². The summed E-state index contributed by atoms with van der Waals surface area (Å²) in [5.74, 6) is 0. The second-order valence-corrected chi connectivity index (χ2v) is 14.8. The smallest absolute Gasteiger partial charge is 1.00 e. The summed E-state index contributed by atoms with van der Waals surface area (Å²) in [6.45, 7) is 0. The third-order valence-corrected chi connectivity index (χ3v) is 9.78. The van der Waals surface area contributed by atoms with Gasteiger partial charge in [0.15, 0.2) is 0 Å². The van der Waals surface area contributed by atoms with Crippen LogP contribution in [0.5, 0.6) is 0 Å². The second-order valence-electron chi connectivity index (χ2n) is 3.60. The Bertz CT molecular complexity index is 893. The van der Waals surface area contributed by atoms with Crippen LogP contribution >= 0.6 is 0 Å². The molecule has 0 saturated carbocycles. The van der Waals surface area contributed by atoms with Gasteiger partial charge in [-0.1, -0.05) is 0 Å². The van der Waals surface area contributed by atoms with Crippen LogP contribution in [0.4, 0.5) is 0 Å². The largest absolute Gasteiger partial charge is 1.00 e. The molecule has 0 aromatic heterocycles. The van der Waals surface area contributed by atoms with Gasteiger partial charge in [0.2, 0.25) is 0 Å². The van der Waals surface area contributed by atoms with Crippen LogP contribution in [0.25, 0.3) is 0 Å². The monoisotopic (exact) mass is 516 g/mol. The summed E-state index contributed by atoms with van der Waals surface area (Å²) in [5, 5.41) is 103. The molecule has 0 N–H and O–H groups in total. The van der Waals surface area contributed by atoms with Gasteiger partial charge >= 0.3 is 262 Å². The van der Waals surface area contributed by atoms with Crippen molar-refractivity contribution in [3.05, 3.63) is 0 Å². The van der Waals surface area contributed by atoms with Crippen LogP contribution in [0.15, 0.2) is 0 Å². The van der Waals surface area contributed by atoms with Crippen molar-refractivity contribution in [3.8, 4) is 59.6 Å². The first-order valence-electron chi connectivity index (χ1n) is 4.80. The Morgan fingerprint density at radius 2 is 0.300 bits per heavy atom. The van der Waals surface area contributed by atoms with Crippen molar-refractivity contribution < 1.29 is 140 Å². The summed E-state index contributed by atoms with van der Waals surface area (Å²) >= 11 is 0. The minimum Gasteiger partial charge on any atom is 1.00 e. The van der Waals surface area contributed by atoms with Gasteiger partial charge in [-0.05, 0) is 0 Å². The van der Waals surface area contributed by atoms with Crippen LogP contribution in [0.1, 0.15) is 0 Å². The molecule has 0 fully saturated rings. The maximum Gasteiger partial charge on any atom is 1.00 e. The van der Waals surface area contributed by atoms with E-state index >= 15 is 0 Å².